The summed E-state index contributed by atoms with van der Waals surface area (Å²) in [6, 6.07) is 2.77. The molecule has 0 aliphatic rings. The van der Waals surface area contributed by atoms with Crippen LogP contribution in [0.3, 0.4) is 0 Å². The quantitative estimate of drug-likeness (QED) is 0.752. The van der Waals surface area contributed by atoms with Crippen LogP contribution in [-0.4, -0.2) is 11.1 Å². The highest BCUT2D eigenvalue weighted by Crippen LogP contribution is 2.27. The first-order valence-corrected chi connectivity index (χ1v) is 4.17. The molecule has 0 saturated heterocycles. The summed E-state index contributed by atoms with van der Waals surface area (Å²) in [6.45, 7) is 0. The Morgan fingerprint density at radius 3 is 2.67 bits per heavy atom. The fourth-order valence-corrected chi connectivity index (χ4v) is 1.42. The maximum atomic E-state index is 10.6. The average molecular weight is 250 g/mol. The van der Waals surface area contributed by atoms with Crippen LogP contribution in [-0.2, 0) is 0 Å². The zero-order valence-electron chi connectivity index (χ0n) is 5.84. The lowest BCUT2D eigenvalue weighted by molar-refractivity contribution is 0.0696. The molecular formula is C7H5BrClNO2. The fraction of sp³-hybridized carbons (Fsp3) is 0. The maximum absolute atomic E-state index is 10.6. The smallest absolute Gasteiger partial charge is 0.336 e. The predicted molar refractivity (Wildman–Crippen MR) is 50.5 cm³/mol. The summed E-state index contributed by atoms with van der Waals surface area (Å²) in [5, 5.41) is 8.90. The molecule has 0 heterocycles. The van der Waals surface area contributed by atoms with Crippen LogP contribution in [0.1, 0.15) is 10.4 Å². The Hall–Kier alpha value is -0.740. The minimum atomic E-state index is -1.04. The van der Waals surface area contributed by atoms with E-state index in [9.17, 15) is 4.79 Å². The summed E-state index contributed by atoms with van der Waals surface area (Å²) in [5.41, 5.74) is 5.90. The first-order chi connectivity index (χ1) is 5.52. The van der Waals surface area contributed by atoms with E-state index >= 15 is 0 Å². The van der Waals surface area contributed by atoms with Crippen LogP contribution in [0.2, 0.25) is 5.02 Å². The topological polar surface area (TPSA) is 63.3 Å². The molecule has 0 fully saturated rings. The second-order valence-electron chi connectivity index (χ2n) is 2.16. The summed E-state index contributed by atoms with van der Waals surface area (Å²) >= 11 is 8.68. The monoisotopic (exact) mass is 249 g/mol. The van der Waals surface area contributed by atoms with Crippen LogP contribution >= 0.6 is 27.5 Å². The molecule has 0 aromatic heterocycles. The number of carboxylic acid groups (broad SMARTS) is 1. The number of nitrogen functional groups attached to an aromatic ring is 1. The van der Waals surface area contributed by atoms with Gasteiger partial charge in [-0.15, -0.1) is 0 Å². The first kappa shape index (κ1) is 9.35. The van der Waals surface area contributed by atoms with E-state index < -0.39 is 5.97 Å². The number of carboxylic acids is 1. The van der Waals surface area contributed by atoms with E-state index in [0.29, 0.717) is 10.2 Å². The zero-order chi connectivity index (χ0) is 9.30. The lowest BCUT2D eigenvalue weighted by atomic mass is 10.2. The maximum Gasteiger partial charge on any atom is 0.336 e. The van der Waals surface area contributed by atoms with E-state index in [0.717, 1.165) is 0 Å². The molecule has 0 atom stereocenters. The van der Waals surface area contributed by atoms with Crippen molar-refractivity contribution in [3.05, 3.63) is 27.2 Å². The van der Waals surface area contributed by atoms with Crippen LogP contribution in [0.15, 0.2) is 16.6 Å². The van der Waals surface area contributed by atoms with E-state index in [1.807, 2.05) is 0 Å². The predicted octanol–water partition coefficient (Wildman–Crippen LogP) is 2.38. The minimum absolute atomic E-state index is 0.106. The van der Waals surface area contributed by atoms with E-state index in [2.05, 4.69) is 15.9 Å². The van der Waals surface area contributed by atoms with Crippen molar-refractivity contribution in [2.75, 3.05) is 5.73 Å². The Morgan fingerprint density at radius 2 is 2.17 bits per heavy atom. The molecule has 12 heavy (non-hydrogen) atoms. The van der Waals surface area contributed by atoms with Crippen LogP contribution in [0.4, 0.5) is 5.69 Å². The number of halogens is 2. The number of benzene rings is 1. The van der Waals surface area contributed by atoms with Crippen molar-refractivity contribution in [2.24, 2.45) is 0 Å². The van der Waals surface area contributed by atoms with Gasteiger partial charge in [0.25, 0.3) is 0 Å². The summed E-state index contributed by atoms with van der Waals surface area (Å²) in [4.78, 5) is 10.6. The van der Waals surface area contributed by atoms with Crippen molar-refractivity contribution in [1.82, 2.24) is 0 Å². The summed E-state index contributed by atoms with van der Waals surface area (Å²) < 4.78 is 0.428. The zero-order valence-corrected chi connectivity index (χ0v) is 8.19. The minimum Gasteiger partial charge on any atom is -0.478 e. The van der Waals surface area contributed by atoms with Crippen molar-refractivity contribution in [2.45, 2.75) is 0 Å². The van der Waals surface area contributed by atoms with E-state index in [4.69, 9.17) is 22.4 Å². The van der Waals surface area contributed by atoms with Crippen molar-refractivity contribution < 1.29 is 9.90 Å². The van der Waals surface area contributed by atoms with Crippen molar-refractivity contribution >= 4 is 39.2 Å². The van der Waals surface area contributed by atoms with Gasteiger partial charge in [-0.2, -0.15) is 0 Å². The number of hydrogen-bond acceptors (Lipinski definition) is 2. The first-order valence-electron chi connectivity index (χ1n) is 3.00. The molecule has 1 aromatic rings. The van der Waals surface area contributed by atoms with Gasteiger partial charge >= 0.3 is 5.97 Å². The van der Waals surface area contributed by atoms with Gasteiger partial charge in [0, 0.05) is 4.47 Å². The van der Waals surface area contributed by atoms with Gasteiger partial charge in [0.1, 0.15) is 0 Å². The van der Waals surface area contributed by atoms with Gasteiger partial charge in [-0.25, -0.2) is 4.79 Å². The van der Waals surface area contributed by atoms with Crippen molar-refractivity contribution in [3.8, 4) is 0 Å². The molecule has 0 aliphatic heterocycles. The third-order valence-corrected chi connectivity index (χ3v) is 2.30. The van der Waals surface area contributed by atoms with Crippen molar-refractivity contribution in [3.63, 3.8) is 0 Å². The number of rotatable bonds is 1. The molecule has 1 rings (SSSR count). The number of carbonyl (C=O) groups is 1. The van der Waals surface area contributed by atoms with Crippen LogP contribution in [0.25, 0.3) is 0 Å². The van der Waals surface area contributed by atoms with Gasteiger partial charge in [-0.05, 0) is 28.1 Å². The third-order valence-electron chi connectivity index (χ3n) is 1.32. The Balaban J connectivity index is 3.33. The van der Waals surface area contributed by atoms with Crippen LogP contribution < -0.4 is 5.73 Å². The van der Waals surface area contributed by atoms with Gasteiger partial charge in [-0.1, -0.05) is 11.6 Å². The van der Waals surface area contributed by atoms with Crippen LogP contribution in [0, 0.1) is 0 Å². The highest BCUT2D eigenvalue weighted by atomic mass is 79.9. The average Bonchev–Trinajstić information content (AvgIpc) is 1.96. The van der Waals surface area contributed by atoms with Crippen LogP contribution in [0.5, 0.6) is 0 Å². The molecule has 1 aromatic carbocycles. The Bertz CT molecular complexity index is 340. The Kier molecular flexibility index (Phi) is 2.59. The number of nitrogens with two attached hydrogens (primary N) is 1. The lowest BCUT2D eigenvalue weighted by Gasteiger charge is -2.02. The van der Waals surface area contributed by atoms with Gasteiger partial charge in [0.2, 0.25) is 0 Å². The molecule has 3 nitrogen and oxygen atoms in total. The molecule has 0 bridgehead atoms. The van der Waals surface area contributed by atoms with Gasteiger partial charge in [0.05, 0.1) is 16.3 Å². The van der Waals surface area contributed by atoms with E-state index in [-0.39, 0.29) is 10.6 Å². The second kappa shape index (κ2) is 3.33. The second-order valence-corrected chi connectivity index (χ2v) is 3.42. The normalized spacial score (nSPS) is 9.83. The molecule has 0 aliphatic carbocycles. The van der Waals surface area contributed by atoms with E-state index in [1.165, 1.54) is 12.1 Å². The molecule has 0 amide bonds. The molecule has 0 unspecified atom stereocenters. The number of anilines is 1. The summed E-state index contributed by atoms with van der Waals surface area (Å²) in [6.07, 6.45) is 0. The van der Waals surface area contributed by atoms with Gasteiger partial charge in [-0.3, -0.25) is 0 Å². The molecule has 5 heteroatoms. The summed E-state index contributed by atoms with van der Waals surface area (Å²) in [5.74, 6) is -1.04. The van der Waals surface area contributed by atoms with Gasteiger partial charge in [0.15, 0.2) is 0 Å². The standard InChI is InChI=1S/C7H5BrClNO2/c8-4-2-6(10)5(9)1-3(4)7(11)12/h1-2H,10H2,(H,11,12). The van der Waals surface area contributed by atoms with Gasteiger partial charge < -0.3 is 10.8 Å². The number of aromatic carboxylic acids is 1. The largest absolute Gasteiger partial charge is 0.478 e. The molecule has 3 N–H and O–H groups in total. The van der Waals surface area contributed by atoms with Crippen molar-refractivity contribution in [1.29, 1.82) is 0 Å². The Morgan fingerprint density at radius 1 is 1.58 bits per heavy atom. The lowest BCUT2D eigenvalue weighted by Crippen LogP contribution is -1.99. The molecule has 0 radical (unpaired) electrons. The molecule has 64 valence electrons. The molecular weight excluding hydrogens is 245 g/mol. The SMILES string of the molecule is Nc1cc(Br)c(C(=O)O)cc1Cl. The highest BCUT2D eigenvalue weighted by molar-refractivity contribution is 9.10. The van der Waals surface area contributed by atoms with E-state index in [1.54, 1.807) is 0 Å². The summed E-state index contributed by atoms with van der Waals surface area (Å²) in [7, 11) is 0. The highest BCUT2D eigenvalue weighted by Gasteiger charge is 2.10. The molecule has 0 saturated carbocycles. The molecule has 0 spiro atoms. The fourth-order valence-electron chi connectivity index (χ4n) is 0.726. The Labute approximate surface area is 82.3 Å². The third kappa shape index (κ3) is 1.70. The number of hydrogen-bond donors (Lipinski definition) is 2.